The van der Waals surface area contributed by atoms with Crippen molar-refractivity contribution in [3.8, 4) is 0 Å². The minimum atomic E-state index is -3.21. The Morgan fingerprint density at radius 1 is 1.07 bits per heavy atom. The summed E-state index contributed by atoms with van der Waals surface area (Å²) < 4.78 is 75.5. The van der Waals surface area contributed by atoms with Crippen LogP contribution >= 0.6 is 0 Å². The fourth-order valence-corrected chi connectivity index (χ4v) is 0.604. The van der Waals surface area contributed by atoms with Crippen LogP contribution < -0.4 is 10.6 Å². The Labute approximate surface area is 101 Å². The van der Waals surface area contributed by atoms with Gasteiger partial charge < -0.3 is 20.8 Å². The first-order chi connectivity index (χ1) is 10.3. The molecule has 4 N–H and O–H groups in total. The molecule has 0 aliphatic rings. The molecule has 4 nitrogen and oxygen atoms in total. The van der Waals surface area contributed by atoms with Crippen molar-refractivity contribution in [1.29, 1.82) is 0 Å². The molecule has 0 bridgehead atoms. The van der Waals surface area contributed by atoms with Crippen LogP contribution in [0.1, 0.15) is 40.4 Å². The molecule has 0 aliphatic carbocycles. The van der Waals surface area contributed by atoms with Crippen molar-refractivity contribution in [3.05, 3.63) is 0 Å². The lowest BCUT2D eigenvalue weighted by Gasteiger charge is -2.17. The van der Waals surface area contributed by atoms with Gasteiger partial charge in [0.15, 0.2) is 0 Å². The molecule has 0 fully saturated rings. The van der Waals surface area contributed by atoms with Crippen LogP contribution in [0.25, 0.3) is 0 Å². The molecule has 0 heterocycles. The first kappa shape index (κ1) is 4.37. The Bertz CT molecular complexity index is 398. The lowest BCUT2D eigenvalue weighted by molar-refractivity contribution is 0.229. The molecular weight excluding hydrogens is 180 g/mol. The molecule has 0 saturated heterocycles. The molecule has 0 unspecified atom stereocenters. The molecule has 0 aliphatic heterocycles. The normalized spacial score (nSPS) is 34.6. The van der Waals surface area contributed by atoms with Gasteiger partial charge >= 0.3 is 0 Å². The zero-order valence-electron chi connectivity index (χ0n) is 18.3. The van der Waals surface area contributed by atoms with Crippen LogP contribution in [0, 0.1) is 0 Å². The summed E-state index contributed by atoms with van der Waals surface area (Å²) in [4.78, 5) is 0. The van der Waals surface area contributed by atoms with Crippen LogP contribution in [0.15, 0.2) is 0 Å². The molecule has 0 aromatic heterocycles. The average Bonchev–Trinajstić information content (AvgIpc) is 2.34. The van der Waals surface area contributed by atoms with Crippen molar-refractivity contribution in [2.45, 2.75) is 38.7 Å². The summed E-state index contributed by atoms with van der Waals surface area (Å²) in [6, 6.07) is -5.22. The van der Waals surface area contributed by atoms with E-state index in [-0.39, 0.29) is 0 Å². The van der Waals surface area contributed by atoms with Crippen LogP contribution in [-0.2, 0) is 0 Å². The second-order valence-corrected chi connectivity index (χ2v) is 2.39. The van der Waals surface area contributed by atoms with Crippen molar-refractivity contribution in [3.63, 3.8) is 0 Å². The molecule has 4 heteroatoms. The monoisotopic (exact) mass is 214 g/mol. The van der Waals surface area contributed by atoms with Gasteiger partial charge in [0, 0.05) is 33.3 Å². The van der Waals surface area contributed by atoms with E-state index in [0.29, 0.717) is 0 Å². The fraction of sp³-hybridized carbons (Fsp3) is 1.00. The SMILES string of the molecule is [2H]C([2H])(N[C@@]([2H])(CC)C([2H])([2H])O)C([2H])([2H])N[C@@]([2H])(CC)C([2H])([2H])O. The van der Waals surface area contributed by atoms with Gasteiger partial charge in [0.1, 0.15) is 0 Å². The van der Waals surface area contributed by atoms with E-state index in [1.807, 2.05) is 0 Å². The van der Waals surface area contributed by atoms with E-state index < -0.39 is 51.0 Å². The van der Waals surface area contributed by atoms with Gasteiger partial charge in [0.25, 0.3) is 0 Å². The molecule has 0 saturated carbocycles. The topological polar surface area (TPSA) is 64.5 Å². The summed E-state index contributed by atoms with van der Waals surface area (Å²) in [5.41, 5.74) is 0. The highest BCUT2D eigenvalue weighted by Gasteiger charge is 2.04. The highest BCUT2D eigenvalue weighted by atomic mass is 16.3. The third-order valence-electron chi connectivity index (χ3n) is 1.47. The van der Waals surface area contributed by atoms with E-state index in [2.05, 4.69) is 0 Å². The Morgan fingerprint density at radius 2 is 1.43 bits per heavy atom. The highest BCUT2D eigenvalue weighted by Crippen LogP contribution is 1.89. The maximum atomic E-state index is 9.41. The van der Waals surface area contributed by atoms with Crippen LogP contribution in [0.5, 0.6) is 0 Å². The largest absolute Gasteiger partial charge is 0.395 e. The fourth-order valence-electron chi connectivity index (χ4n) is 0.604. The van der Waals surface area contributed by atoms with Crippen molar-refractivity contribution in [1.82, 2.24) is 10.6 Å². The van der Waals surface area contributed by atoms with Crippen molar-refractivity contribution < 1.29 is 23.9 Å². The summed E-state index contributed by atoms with van der Waals surface area (Å²) in [6.07, 6.45) is -0.848. The first-order valence-corrected chi connectivity index (χ1v) is 4.32. The molecule has 0 spiro atoms. The smallest absolute Gasteiger partial charge is 0.0584 e. The van der Waals surface area contributed by atoms with E-state index in [0.717, 1.165) is 0 Å². The minimum Gasteiger partial charge on any atom is -0.395 e. The molecule has 86 valence electrons. The van der Waals surface area contributed by atoms with Crippen LogP contribution in [0.4, 0.5) is 0 Å². The summed E-state index contributed by atoms with van der Waals surface area (Å²) in [7, 11) is 0. The van der Waals surface area contributed by atoms with Crippen molar-refractivity contribution >= 4 is 0 Å². The zero-order valence-corrected chi connectivity index (χ0v) is 8.31. The lowest BCUT2D eigenvalue weighted by atomic mass is 10.2. The van der Waals surface area contributed by atoms with Gasteiger partial charge in [-0.05, 0) is 12.8 Å². The molecule has 0 radical (unpaired) electrons. The molecule has 0 amide bonds. The second kappa shape index (κ2) is 9.40. The highest BCUT2D eigenvalue weighted by molar-refractivity contribution is 4.67. The van der Waals surface area contributed by atoms with E-state index in [4.69, 9.17) is 13.7 Å². The van der Waals surface area contributed by atoms with Crippen molar-refractivity contribution in [2.24, 2.45) is 0 Å². The summed E-state index contributed by atoms with van der Waals surface area (Å²) in [5, 5.41) is 22.3. The van der Waals surface area contributed by atoms with E-state index >= 15 is 0 Å². The quantitative estimate of drug-likeness (QED) is 0.426. The van der Waals surface area contributed by atoms with Gasteiger partial charge in [-0.25, -0.2) is 0 Å². The van der Waals surface area contributed by atoms with Crippen molar-refractivity contribution in [2.75, 3.05) is 26.1 Å². The van der Waals surface area contributed by atoms with E-state index in [9.17, 15) is 10.2 Å². The molecule has 0 rings (SSSR count). The zero-order chi connectivity index (χ0) is 19.8. The Kier molecular flexibility index (Phi) is 2.94. The van der Waals surface area contributed by atoms with Gasteiger partial charge in [0.05, 0.1) is 18.6 Å². The van der Waals surface area contributed by atoms with Crippen LogP contribution in [0.3, 0.4) is 0 Å². The van der Waals surface area contributed by atoms with Crippen LogP contribution in [0.2, 0.25) is 0 Å². The maximum Gasteiger partial charge on any atom is 0.0584 e. The van der Waals surface area contributed by atoms with E-state index in [1.165, 1.54) is 13.8 Å². The number of nitrogens with one attached hydrogen (secondary N) is 2. The Balaban J connectivity index is 5.69. The molecule has 0 aromatic carbocycles. The van der Waals surface area contributed by atoms with Gasteiger partial charge in [-0.2, -0.15) is 0 Å². The number of hydrogen-bond acceptors (Lipinski definition) is 4. The minimum absolute atomic E-state index is 0.424. The molecule has 2 atom stereocenters. The predicted octanol–water partition coefficient (Wildman–Crippen LogP) is -0.293. The number of aliphatic hydroxyl groups is 2. The average molecular weight is 214 g/mol. The Hall–Kier alpha value is -0.160. The van der Waals surface area contributed by atoms with Gasteiger partial charge in [-0.15, -0.1) is 0 Å². The Morgan fingerprint density at radius 3 is 1.64 bits per heavy atom. The third-order valence-corrected chi connectivity index (χ3v) is 1.47. The first-order valence-electron chi connectivity index (χ1n) is 9.32. The third kappa shape index (κ3) is 6.32. The van der Waals surface area contributed by atoms with Crippen LogP contribution in [-0.4, -0.2) is 48.4 Å². The van der Waals surface area contributed by atoms with Gasteiger partial charge in [0.2, 0.25) is 0 Å². The lowest BCUT2D eigenvalue weighted by Crippen LogP contribution is -2.40. The number of rotatable bonds is 9. The van der Waals surface area contributed by atoms with Gasteiger partial charge in [-0.3, -0.25) is 0 Å². The second-order valence-electron chi connectivity index (χ2n) is 2.39. The summed E-state index contributed by atoms with van der Waals surface area (Å²) >= 11 is 0. The van der Waals surface area contributed by atoms with E-state index in [1.54, 1.807) is 10.6 Å². The van der Waals surface area contributed by atoms with Gasteiger partial charge in [-0.1, -0.05) is 13.8 Å². The molecular formula is C10H24N2O2. The molecule has 0 aromatic rings. The molecule has 14 heavy (non-hydrogen) atoms. The standard InChI is InChI=1S/C10H24N2O2/c1-3-9(7-13)11-5-6-12-10(4-2)8-14/h9-14H,3-8H2,1-2H3/t9-,10-/m0/s1/i5D2,6D2,7D2,8D2,9D,10D. The number of hydrogen-bond donors (Lipinski definition) is 4. The summed E-state index contributed by atoms with van der Waals surface area (Å²) in [6.45, 7) is -10.3. The predicted molar refractivity (Wildman–Crippen MR) is 58.3 cm³/mol. The summed E-state index contributed by atoms with van der Waals surface area (Å²) in [5.74, 6) is 0. The maximum absolute atomic E-state index is 9.41.